The van der Waals surface area contributed by atoms with Gasteiger partial charge in [0.2, 0.25) is 0 Å². The van der Waals surface area contributed by atoms with Crippen molar-refractivity contribution in [2.45, 2.75) is 97.5 Å². The van der Waals surface area contributed by atoms with Gasteiger partial charge in [-0.05, 0) is 124 Å². The number of hydrogen-bond donors (Lipinski definition) is 0. The fraction of sp³-hybridized carbons (Fsp3) is 0.857. The van der Waals surface area contributed by atoms with Crippen molar-refractivity contribution >= 4 is 11.8 Å². The highest BCUT2D eigenvalue weighted by Crippen LogP contribution is 2.66. The molecule has 1 saturated heterocycles. The zero-order chi connectivity index (χ0) is 22.5. The first kappa shape index (κ1) is 22.6. The molecule has 32 heavy (non-hydrogen) atoms. The van der Waals surface area contributed by atoms with Crippen molar-refractivity contribution in [3.63, 3.8) is 0 Å². The number of likely N-dealkylation sites (tertiary alicyclic amines) is 1. The number of allylic oxidation sites excluding steroid dienone is 2. The summed E-state index contributed by atoms with van der Waals surface area (Å²) in [5.41, 5.74) is 1.61. The summed E-state index contributed by atoms with van der Waals surface area (Å²) in [5, 5.41) is 0. The molecule has 0 N–H and O–H groups in total. The molecule has 4 aliphatic carbocycles. The van der Waals surface area contributed by atoms with Crippen LogP contribution in [0.4, 0.5) is 0 Å². The molecule has 0 radical (unpaired) electrons. The van der Waals surface area contributed by atoms with Crippen molar-refractivity contribution < 1.29 is 14.3 Å². The van der Waals surface area contributed by atoms with Crippen LogP contribution in [0, 0.1) is 34.5 Å². The molecular weight excluding hydrogens is 398 g/mol. The summed E-state index contributed by atoms with van der Waals surface area (Å²) >= 11 is 0. The average Bonchev–Trinajstić information content (AvgIpc) is 3.39. The SMILES string of the molecule is CC(=O)C1=CCC2C3CC[C@H]4CC(OC(=O)CCN5CCCC5)CC[C@]4(C)C3CC[C@]12C. The smallest absolute Gasteiger partial charge is 0.307 e. The van der Waals surface area contributed by atoms with E-state index in [4.69, 9.17) is 4.74 Å². The van der Waals surface area contributed by atoms with Gasteiger partial charge in [0.15, 0.2) is 5.78 Å². The number of carbonyl (C=O) groups is 2. The maximum absolute atomic E-state index is 12.5. The largest absolute Gasteiger partial charge is 0.462 e. The van der Waals surface area contributed by atoms with Gasteiger partial charge in [-0.3, -0.25) is 9.59 Å². The maximum atomic E-state index is 12.5. The van der Waals surface area contributed by atoms with E-state index in [2.05, 4.69) is 24.8 Å². The van der Waals surface area contributed by atoms with Crippen LogP contribution in [0.3, 0.4) is 0 Å². The van der Waals surface area contributed by atoms with Crippen molar-refractivity contribution in [1.29, 1.82) is 0 Å². The molecule has 7 atom stereocenters. The molecule has 0 aromatic rings. The zero-order valence-electron chi connectivity index (χ0n) is 20.5. The molecular formula is C28H43NO3. The summed E-state index contributed by atoms with van der Waals surface area (Å²) in [6.07, 6.45) is 14.9. The zero-order valence-corrected chi connectivity index (χ0v) is 20.5. The van der Waals surface area contributed by atoms with Crippen LogP contribution in [-0.2, 0) is 14.3 Å². The third kappa shape index (κ3) is 3.79. The van der Waals surface area contributed by atoms with Crippen LogP contribution >= 0.6 is 0 Å². The molecule has 0 aromatic carbocycles. The van der Waals surface area contributed by atoms with Gasteiger partial charge in [-0.15, -0.1) is 0 Å². The van der Waals surface area contributed by atoms with Crippen LogP contribution in [0.25, 0.3) is 0 Å². The minimum Gasteiger partial charge on any atom is -0.462 e. The number of rotatable bonds is 5. The summed E-state index contributed by atoms with van der Waals surface area (Å²) in [6.45, 7) is 9.84. The summed E-state index contributed by atoms with van der Waals surface area (Å²) in [6, 6.07) is 0. The lowest BCUT2D eigenvalue weighted by atomic mass is 9.44. The topological polar surface area (TPSA) is 46.6 Å². The first-order chi connectivity index (χ1) is 15.3. The molecule has 0 bridgehead atoms. The molecule has 5 aliphatic rings. The fourth-order valence-electron chi connectivity index (χ4n) is 8.94. The van der Waals surface area contributed by atoms with Gasteiger partial charge in [0.05, 0.1) is 6.42 Å². The number of esters is 1. The van der Waals surface area contributed by atoms with Gasteiger partial charge in [-0.1, -0.05) is 19.9 Å². The first-order valence-electron chi connectivity index (χ1n) is 13.4. The summed E-state index contributed by atoms with van der Waals surface area (Å²) < 4.78 is 6.00. The van der Waals surface area contributed by atoms with E-state index in [1.807, 2.05) is 0 Å². The van der Waals surface area contributed by atoms with E-state index >= 15 is 0 Å². The number of ether oxygens (including phenoxy) is 1. The van der Waals surface area contributed by atoms with Crippen LogP contribution in [-0.4, -0.2) is 42.4 Å². The predicted molar refractivity (Wildman–Crippen MR) is 126 cm³/mol. The highest BCUT2D eigenvalue weighted by atomic mass is 16.5. The minimum absolute atomic E-state index is 0.0152. The van der Waals surface area contributed by atoms with Crippen molar-refractivity contribution in [2.75, 3.05) is 19.6 Å². The molecule has 3 saturated carbocycles. The highest BCUT2D eigenvalue weighted by molar-refractivity contribution is 5.95. The van der Waals surface area contributed by atoms with Gasteiger partial charge in [-0.2, -0.15) is 0 Å². The third-order valence-electron chi connectivity index (χ3n) is 10.7. The lowest BCUT2D eigenvalue weighted by Gasteiger charge is -2.60. The van der Waals surface area contributed by atoms with E-state index in [0.29, 0.717) is 29.5 Å². The Labute approximate surface area is 194 Å². The predicted octanol–water partition coefficient (Wildman–Crippen LogP) is 5.55. The van der Waals surface area contributed by atoms with Gasteiger partial charge < -0.3 is 9.64 Å². The van der Waals surface area contributed by atoms with Gasteiger partial charge in [0, 0.05) is 6.54 Å². The Morgan fingerprint density at radius 2 is 1.84 bits per heavy atom. The molecule has 0 aromatic heterocycles. The lowest BCUT2D eigenvalue weighted by Crippen LogP contribution is -2.54. The number of nitrogens with zero attached hydrogens (tertiary/aromatic N) is 1. The van der Waals surface area contributed by atoms with Crippen LogP contribution in [0.1, 0.15) is 91.4 Å². The number of hydrogen-bond acceptors (Lipinski definition) is 4. The standard InChI is InChI=1S/C28H43NO3/c1-19(30)23-8-9-24-22-7-6-20-18-21(32-26(31)12-17-29-15-4-5-16-29)10-13-27(20,2)25(22)11-14-28(23,24)3/h8,20-22,24-25H,4-7,9-18H2,1-3H3/t20-,21?,22?,24?,25?,27-,28+/m0/s1. The number of carbonyl (C=O) groups excluding carboxylic acids is 2. The highest BCUT2D eigenvalue weighted by Gasteiger charge is 2.59. The van der Waals surface area contributed by atoms with Gasteiger partial charge in [-0.25, -0.2) is 0 Å². The average molecular weight is 442 g/mol. The van der Waals surface area contributed by atoms with E-state index in [-0.39, 0.29) is 17.5 Å². The van der Waals surface area contributed by atoms with Crippen molar-refractivity contribution in [2.24, 2.45) is 34.5 Å². The van der Waals surface area contributed by atoms with Crippen LogP contribution < -0.4 is 0 Å². The molecule has 4 unspecified atom stereocenters. The van der Waals surface area contributed by atoms with E-state index in [0.717, 1.165) is 56.3 Å². The third-order valence-corrected chi connectivity index (χ3v) is 10.7. The van der Waals surface area contributed by atoms with Crippen LogP contribution in [0.15, 0.2) is 11.6 Å². The second-order valence-electron chi connectivity index (χ2n) is 12.2. The minimum atomic E-state index is 0.0152. The number of ketones is 1. The van der Waals surface area contributed by atoms with Gasteiger partial charge >= 0.3 is 5.97 Å². The monoisotopic (exact) mass is 441 g/mol. The Balaban J connectivity index is 1.20. The van der Waals surface area contributed by atoms with Crippen LogP contribution in [0.2, 0.25) is 0 Å². The van der Waals surface area contributed by atoms with E-state index in [1.165, 1.54) is 44.9 Å². The quantitative estimate of drug-likeness (QED) is 0.525. The summed E-state index contributed by atoms with van der Waals surface area (Å²) in [5.74, 6) is 3.16. The summed E-state index contributed by atoms with van der Waals surface area (Å²) in [4.78, 5) is 27.2. The molecule has 178 valence electrons. The number of fused-ring (bicyclic) bond motifs is 5. The Kier molecular flexibility index (Phi) is 6.05. The van der Waals surface area contributed by atoms with E-state index in [1.54, 1.807) is 6.92 Å². The Morgan fingerprint density at radius 3 is 2.59 bits per heavy atom. The van der Waals surface area contributed by atoms with Gasteiger partial charge in [0.25, 0.3) is 0 Å². The molecule has 0 amide bonds. The summed E-state index contributed by atoms with van der Waals surface area (Å²) in [7, 11) is 0. The number of Topliss-reactive ketones (excluding diaryl/α,β-unsaturated/α-hetero) is 1. The fourth-order valence-corrected chi connectivity index (χ4v) is 8.94. The molecule has 1 heterocycles. The molecule has 0 spiro atoms. The second-order valence-corrected chi connectivity index (χ2v) is 12.2. The normalized spacial score (nSPS) is 43.7. The molecule has 5 rings (SSSR count). The van der Waals surface area contributed by atoms with E-state index in [9.17, 15) is 9.59 Å². The molecule has 4 fully saturated rings. The van der Waals surface area contributed by atoms with Crippen molar-refractivity contribution in [3.8, 4) is 0 Å². The van der Waals surface area contributed by atoms with E-state index < -0.39 is 0 Å². The Morgan fingerprint density at radius 1 is 1.06 bits per heavy atom. The lowest BCUT2D eigenvalue weighted by molar-refractivity contribution is -0.161. The molecule has 4 heteroatoms. The molecule has 1 aliphatic heterocycles. The van der Waals surface area contributed by atoms with Crippen LogP contribution in [0.5, 0.6) is 0 Å². The molecule has 4 nitrogen and oxygen atoms in total. The first-order valence-corrected chi connectivity index (χ1v) is 13.4. The second kappa shape index (κ2) is 8.56. The Hall–Kier alpha value is -1.16. The van der Waals surface area contributed by atoms with Gasteiger partial charge in [0.1, 0.15) is 6.10 Å². The maximum Gasteiger partial charge on any atom is 0.307 e. The Bertz CT molecular complexity index is 784. The van der Waals surface area contributed by atoms with Crippen molar-refractivity contribution in [3.05, 3.63) is 11.6 Å². The van der Waals surface area contributed by atoms with Crippen molar-refractivity contribution in [1.82, 2.24) is 4.90 Å².